The lowest BCUT2D eigenvalue weighted by atomic mass is 10.1. The number of sulfonamides is 1. The second-order valence-electron chi connectivity index (χ2n) is 6.13. The van der Waals surface area contributed by atoms with Crippen LogP contribution in [0.15, 0.2) is 71.6 Å². The minimum Gasteiger partial charge on any atom is -0.497 e. The molecule has 0 aromatic heterocycles. The largest absolute Gasteiger partial charge is 0.497 e. The predicted molar refractivity (Wildman–Crippen MR) is 111 cm³/mol. The molecule has 0 fully saturated rings. The van der Waals surface area contributed by atoms with Crippen molar-refractivity contribution < 1.29 is 27.1 Å². The van der Waals surface area contributed by atoms with Gasteiger partial charge in [-0.2, -0.15) is 0 Å². The number of carbonyl (C=O) groups excluding carboxylic acids is 1. The highest BCUT2D eigenvalue weighted by atomic mass is 32.2. The molecule has 2 N–H and O–H groups in total. The highest BCUT2D eigenvalue weighted by molar-refractivity contribution is 7.92. The van der Waals surface area contributed by atoms with Gasteiger partial charge in [0.1, 0.15) is 17.3 Å². The Kier molecular flexibility index (Phi) is 6.22. The number of anilines is 2. The van der Waals surface area contributed by atoms with E-state index in [0.29, 0.717) is 17.2 Å². The molecule has 0 spiro atoms. The van der Waals surface area contributed by atoms with E-state index in [1.54, 1.807) is 30.3 Å². The van der Waals surface area contributed by atoms with Gasteiger partial charge in [-0.25, -0.2) is 12.8 Å². The Morgan fingerprint density at radius 2 is 1.60 bits per heavy atom. The second kappa shape index (κ2) is 8.83. The third-order valence-electron chi connectivity index (χ3n) is 4.20. The highest BCUT2D eigenvalue weighted by Crippen LogP contribution is 2.30. The summed E-state index contributed by atoms with van der Waals surface area (Å²) in [5, 5.41) is 2.70. The van der Waals surface area contributed by atoms with Gasteiger partial charge in [0.05, 0.1) is 36.1 Å². The number of benzene rings is 3. The minimum absolute atomic E-state index is 0.0757. The van der Waals surface area contributed by atoms with Crippen LogP contribution >= 0.6 is 0 Å². The van der Waals surface area contributed by atoms with Gasteiger partial charge in [-0.3, -0.25) is 9.52 Å². The van der Waals surface area contributed by atoms with Crippen LogP contribution in [0, 0.1) is 5.82 Å². The summed E-state index contributed by atoms with van der Waals surface area (Å²) in [5.41, 5.74) is 0.562. The Balaban J connectivity index is 1.88. The van der Waals surface area contributed by atoms with E-state index in [0.717, 1.165) is 24.3 Å². The van der Waals surface area contributed by atoms with Gasteiger partial charge in [0.15, 0.2) is 0 Å². The molecule has 3 rings (SSSR count). The van der Waals surface area contributed by atoms with Crippen molar-refractivity contribution in [3.8, 4) is 11.5 Å². The molecule has 0 saturated heterocycles. The fraction of sp³-hybridized carbons (Fsp3) is 0.0952. The van der Waals surface area contributed by atoms with Crippen LogP contribution in [0.1, 0.15) is 10.4 Å². The molecule has 0 unspecified atom stereocenters. The average molecular weight is 430 g/mol. The monoisotopic (exact) mass is 430 g/mol. The molecule has 1 amide bonds. The van der Waals surface area contributed by atoms with Crippen molar-refractivity contribution in [2.24, 2.45) is 0 Å². The van der Waals surface area contributed by atoms with E-state index in [2.05, 4.69) is 10.0 Å². The minimum atomic E-state index is -4.02. The Hall–Kier alpha value is -3.59. The van der Waals surface area contributed by atoms with Gasteiger partial charge >= 0.3 is 0 Å². The third-order valence-corrected chi connectivity index (χ3v) is 5.58. The van der Waals surface area contributed by atoms with Gasteiger partial charge in [0.2, 0.25) is 0 Å². The fourth-order valence-corrected chi connectivity index (χ4v) is 3.76. The van der Waals surface area contributed by atoms with Gasteiger partial charge in [0, 0.05) is 6.07 Å². The number of hydrogen-bond donors (Lipinski definition) is 2. The predicted octanol–water partition coefficient (Wildman–Crippen LogP) is 3.90. The molecular formula is C21H19FN2O5S. The van der Waals surface area contributed by atoms with E-state index in [4.69, 9.17) is 9.47 Å². The van der Waals surface area contributed by atoms with Gasteiger partial charge in [-0.1, -0.05) is 12.1 Å². The number of amides is 1. The van der Waals surface area contributed by atoms with Crippen molar-refractivity contribution in [2.45, 2.75) is 4.90 Å². The zero-order chi connectivity index (χ0) is 21.7. The van der Waals surface area contributed by atoms with Crippen molar-refractivity contribution >= 4 is 27.3 Å². The lowest BCUT2D eigenvalue weighted by molar-refractivity contribution is 0.102. The molecule has 0 saturated carbocycles. The van der Waals surface area contributed by atoms with E-state index in [9.17, 15) is 17.6 Å². The number of nitrogens with one attached hydrogen (secondary N) is 2. The molecule has 0 bridgehead atoms. The number of hydrogen-bond acceptors (Lipinski definition) is 5. The molecule has 9 heteroatoms. The summed E-state index contributed by atoms with van der Waals surface area (Å²) < 4.78 is 51.1. The highest BCUT2D eigenvalue weighted by Gasteiger charge is 2.19. The first-order valence-electron chi connectivity index (χ1n) is 8.75. The summed E-state index contributed by atoms with van der Waals surface area (Å²) >= 11 is 0. The Bertz CT molecular complexity index is 1160. The summed E-state index contributed by atoms with van der Waals surface area (Å²) in [6.07, 6.45) is 0. The molecule has 0 aliphatic heterocycles. The van der Waals surface area contributed by atoms with Crippen molar-refractivity contribution in [1.29, 1.82) is 0 Å². The lowest BCUT2D eigenvalue weighted by Crippen LogP contribution is -2.19. The molecule has 7 nitrogen and oxygen atoms in total. The van der Waals surface area contributed by atoms with Crippen molar-refractivity contribution in [1.82, 2.24) is 0 Å². The van der Waals surface area contributed by atoms with E-state index in [-0.39, 0.29) is 16.1 Å². The Labute approximate surface area is 173 Å². The van der Waals surface area contributed by atoms with Crippen LogP contribution in [0.5, 0.6) is 11.5 Å². The lowest BCUT2D eigenvalue weighted by Gasteiger charge is -2.14. The SMILES string of the molecule is COc1ccc(NC(=O)c2ccccc2NS(=O)(=O)c2ccc(F)cc2)c(OC)c1. The Morgan fingerprint density at radius 3 is 2.27 bits per heavy atom. The molecule has 0 aliphatic carbocycles. The van der Waals surface area contributed by atoms with Gasteiger partial charge in [0.25, 0.3) is 15.9 Å². The number of halogens is 1. The van der Waals surface area contributed by atoms with Crippen LogP contribution < -0.4 is 19.5 Å². The number of methoxy groups -OCH3 is 2. The molecular weight excluding hydrogens is 411 g/mol. The van der Waals surface area contributed by atoms with E-state index in [1.165, 1.54) is 26.4 Å². The van der Waals surface area contributed by atoms with Gasteiger partial charge in [-0.15, -0.1) is 0 Å². The van der Waals surface area contributed by atoms with Crippen LogP contribution in [-0.4, -0.2) is 28.5 Å². The zero-order valence-electron chi connectivity index (χ0n) is 16.2. The maximum absolute atomic E-state index is 13.1. The first kappa shape index (κ1) is 21.1. The topological polar surface area (TPSA) is 93.7 Å². The summed E-state index contributed by atoms with van der Waals surface area (Å²) in [6, 6.07) is 15.4. The van der Waals surface area contributed by atoms with Crippen LogP contribution in [0.4, 0.5) is 15.8 Å². The normalized spacial score (nSPS) is 10.9. The van der Waals surface area contributed by atoms with Crippen molar-refractivity contribution in [3.63, 3.8) is 0 Å². The zero-order valence-corrected chi connectivity index (χ0v) is 17.0. The molecule has 0 radical (unpaired) electrons. The molecule has 3 aromatic rings. The maximum atomic E-state index is 13.1. The summed E-state index contributed by atoms with van der Waals surface area (Å²) in [7, 11) is -1.05. The molecule has 0 heterocycles. The average Bonchev–Trinajstić information content (AvgIpc) is 2.74. The van der Waals surface area contributed by atoms with Crippen LogP contribution in [-0.2, 0) is 10.0 Å². The summed E-state index contributed by atoms with van der Waals surface area (Å²) in [4.78, 5) is 12.7. The number of ether oxygens (including phenoxy) is 2. The van der Waals surface area contributed by atoms with E-state index < -0.39 is 21.7 Å². The quantitative estimate of drug-likeness (QED) is 0.593. The van der Waals surface area contributed by atoms with E-state index in [1.807, 2.05) is 0 Å². The van der Waals surface area contributed by atoms with Crippen LogP contribution in [0.25, 0.3) is 0 Å². The smallest absolute Gasteiger partial charge is 0.261 e. The third kappa shape index (κ3) is 4.69. The first-order valence-corrected chi connectivity index (χ1v) is 10.2. The standard InChI is InChI=1S/C21H19FN2O5S/c1-28-15-9-12-19(20(13-15)29-2)23-21(25)17-5-3-4-6-18(17)24-30(26,27)16-10-7-14(22)8-11-16/h3-13,24H,1-2H3,(H,23,25). The molecule has 156 valence electrons. The van der Waals surface area contributed by atoms with Crippen LogP contribution in [0.3, 0.4) is 0 Å². The van der Waals surface area contributed by atoms with Gasteiger partial charge in [-0.05, 0) is 48.5 Å². The fourth-order valence-electron chi connectivity index (χ4n) is 2.68. The Morgan fingerprint density at radius 1 is 0.900 bits per heavy atom. The first-order chi connectivity index (χ1) is 14.3. The van der Waals surface area contributed by atoms with Gasteiger partial charge < -0.3 is 14.8 Å². The van der Waals surface area contributed by atoms with Crippen LogP contribution in [0.2, 0.25) is 0 Å². The second-order valence-corrected chi connectivity index (χ2v) is 7.81. The number of para-hydroxylation sites is 1. The molecule has 0 aliphatic rings. The molecule has 3 aromatic carbocycles. The van der Waals surface area contributed by atoms with Crippen molar-refractivity contribution in [2.75, 3.05) is 24.3 Å². The maximum Gasteiger partial charge on any atom is 0.261 e. The molecule has 0 atom stereocenters. The van der Waals surface area contributed by atoms with E-state index >= 15 is 0 Å². The molecule has 30 heavy (non-hydrogen) atoms. The number of carbonyl (C=O) groups is 1. The number of rotatable bonds is 7. The summed E-state index contributed by atoms with van der Waals surface area (Å²) in [6.45, 7) is 0. The van der Waals surface area contributed by atoms with Crippen molar-refractivity contribution in [3.05, 3.63) is 78.1 Å². The summed E-state index contributed by atoms with van der Waals surface area (Å²) in [5.74, 6) is -0.164.